The summed E-state index contributed by atoms with van der Waals surface area (Å²) >= 11 is 0. The fraction of sp³-hybridized carbons (Fsp3) is 0.300. The number of aliphatic hydroxyl groups is 1. The number of benzene rings is 2. The van der Waals surface area contributed by atoms with Gasteiger partial charge in [-0.15, -0.1) is 0 Å². The Morgan fingerprint density at radius 1 is 1.04 bits per heavy atom. The van der Waals surface area contributed by atoms with Crippen LogP contribution in [0.5, 0.6) is 0 Å². The molecule has 1 fully saturated rings. The van der Waals surface area contributed by atoms with Crippen LogP contribution in [-0.4, -0.2) is 47.8 Å². The first-order valence-electron chi connectivity index (χ1n) is 8.46. The minimum absolute atomic E-state index is 0.458. The second-order valence-electron chi connectivity index (χ2n) is 6.30. The summed E-state index contributed by atoms with van der Waals surface area (Å²) in [6, 6.07) is 16.6. The molecule has 4 rings (SSSR count). The van der Waals surface area contributed by atoms with Crippen molar-refractivity contribution in [3.8, 4) is 11.1 Å². The first-order valence-corrected chi connectivity index (χ1v) is 8.46. The summed E-state index contributed by atoms with van der Waals surface area (Å²) in [5.41, 5.74) is 4.49. The summed E-state index contributed by atoms with van der Waals surface area (Å²) < 4.78 is 5.35. The van der Waals surface area contributed by atoms with E-state index in [1.807, 2.05) is 18.3 Å². The van der Waals surface area contributed by atoms with Crippen LogP contribution in [0.2, 0.25) is 0 Å². The van der Waals surface area contributed by atoms with Gasteiger partial charge in [-0.2, -0.15) is 0 Å². The van der Waals surface area contributed by atoms with E-state index >= 15 is 0 Å². The van der Waals surface area contributed by atoms with Crippen molar-refractivity contribution >= 4 is 10.9 Å². The normalized spacial score (nSPS) is 17.2. The zero-order chi connectivity index (χ0) is 16.4. The van der Waals surface area contributed by atoms with E-state index in [2.05, 4.69) is 46.3 Å². The summed E-state index contributed by atoms with van der Waals surface area (Å²) in [6.45, 7) is 3.96. The number of aromatic amines is 1. The SMILES string of the molecule is O[C@@H](CN1CCOCC1)c1ccc(-c2cccc3[nH]ccc23)cc1. The van der Waals surface area contributed by atoms with Crippen LogP contribution >= 0.6 is 0 Å². The Bertz CT molecular complexity index is 804. The standard InChI is InChI=1S/C20H22N2O2/c23-20(14-22-10-12-24-13-11-22)16-6-4-15(5-7-16)17-2-1-3-19-18(17)8-9-21-19/h1-9,20-21,23H,10-14H2/t20-/m0/s1. The molecular weight excluding hydrogens is 300 g/mol. The number of ether oxygens (including phenoxy) is 1. The summed E-state index contributed by atoms with van der Waals surface area (Å²) in [7, 11) is 0. The van der Waals surface area contributed by atoms with Gasteiger partial charge in [0.2, 0.25) is 0 Å². The van der Waals surface area contributed by atoms with Gasteiger partial charge in [0, 0.05) is 36.7 Å². The lowest BCUT2D eigenvalue weighted by Crippen LogP contribution is -2.38. The van der Waals surface area contributed by atoms with Gasteiger partial charge in [0.15, 0.2) is 0 Å². The van der Waals surface area contributed by atoms with Crippen LogP contribution < -0.4 is 0 Å². The Hall–Kier alpha value is -2.14. The van der Waals surface area contributed by atoms with Gasteiger partial charge in [-0.25, -0.2) is 0 Å². The van der Waals surface area contributed by atoms with E-state index in [0.29, 0.717) is 6.54 Å². The van der Waals surface area contributed by atoms with Gasteiger partial charge in [0.05, 0.1) is 19.3 Å². The molecule has 0 bridgehead atoms. The van der Waals surface area contributed by atoms with Crippen LogP contribution in [-0.2, 0) is 4.74 Å². The number of β-amino-alcohol motifs (C(OH)–C–C–N with tert-alkyl or cyclic N) is 1. The average Bonchev–Trinajstić information content (AvgIpc) is 3.11. The number of aliphatic hydroxyl groups excluding tert-OH is 1. The maximum atomic E-state index is 10.5. The average molecular weight is 322 g/mol. The van der Waals surface area contributed by atoms with Crippen molar-refractivity contribution in [3.05, 3.63) is 60.3 Å². The van der Waals surface area contributed by atoms with Crippen LogP contribution in [0, 0.1) is 0 Å². The van der Waals surface area contributed by atoms with Crippen molar-refractivity contribution in [2.45, 2.75) is 6.10 Å². The molecule has 3 aromatic rings. The summed E-state index contributed by atoms with van der Waals surface area (Å²) in [5, 5.41) is 11.7. The van der Waals surface area contributed by atoms with Gasteiger partial charge in [0.1, 0.15) is 0 Å². The summed E-state index contributed by atoms with van der Waals surface area (Å²) in [6.07, 6.45) is 1.51. The molecule has 0 saturated carbocycles. The van der Waals surface area contributed by atoms with E-state index in [4.69, 9.17) is 4.74 Å². The van der Waals surface area contributed by atoms with Crippen LogP contribution in [0.1, 0.15) is 11.7 Å². The summed E-state index contributed by atoms with van der Waals surface area (Å²) in [4.78, 5) is 5.50. The highest BCUT2D eigenvalue weighted by molar-refractivity contribution is 5.95. The molecule has 1 aliphatic heterocycles. The minimum atomic E-state index is -0.458. The number of fused-ring (bicyclic) bond motifs is 1. The number of H-pyrrole nitrogens is 1. The molecule has 0 spiro atoms. The third-order valence-electron chi connectivity index (χ3n) is 4.74. The van der Waals surface area contributed by atoms with E-state index in [-0.39, 0.29) is 0 Å². The number of nitrogens with one attached hydrogen (secondary N) is 1. The van der Waals surface area contributed by atoms with Gasteiger partial charge in [-0.3, -0.25) is 4.90 Å². The van der Waals surface area contributed by atoms with Crippen molar-refractivity contribution in [1.29, 1.82) is 0 Å². The number of morpholine rings is 1. The van der Waals surface area contributed by atoms with E-state index in [1.165, 1.54) is 16.5 Å². The van der Waals surface area contributed by atoms with Crippen molar-refractivity contribution in [2.75, 3.05) is 32.8 Å². The van der Waals surface area contributed by atoms with Gasteiger partial charge in [0.25, 0.3) is 0 Å². The van der Waals surface area contributed by atoms with Crippen LogP contribution in [0.15, 0.2) is 54.7 Å². The highest BCUT2D eigenvalue weighted by Gasteiger charge is 2.16. The fourth-order valence-corrected chi connectivity index (χ4v) is 3.36. The largest absolute Gasteiger partial charge is 0.387 e. The lowest BCUT2D eigenvalue weighted by atomic mass is 9.99. The first kappa shape index (κ1) is 15.4. The molecule has 0 amide bonds. The Morgan fingerprint density at radius 3 is 2.62 bits per heavy atom. The van der Waals surface area contributed by atoms with E-state index in [9.17, 15) is 5.11 Å². The first-order chi connectivity index (χ1) is 11.8. The molecule has 2 aromatic carbocycles. The molecule has 1 aromatic heterocycles. The van der Waals surface area contributed by atoms with E-state index < -0.39 is 6.10 Å². The third-order valence-corrected chi connectivity index (χ3v) is 4.74. The number of hydrogen-bond acceptors (Lipinski definition) is 3. The smallest absolute Gasteiger partial charge is 0.0916 e. The fourth-order valence-electron chi connectivity index (χ4n) is 3.36. The lowest BCUT2D eigenvalue weighted by molar-refractivity contribution is 0.0143. The Morgan fingerprint density at radius 2 is 1.83 bits per heavy atom. The molecule has 1 saturated heterocycles. The predicted molar refractivity (Wildman–Crippen MR) is 96.0 cm³/mol. The molecule has 24 heavy (non-hydrogen) atoms. The molecule has 0 aliphatic carbocycles. The van der Waals surface area contributed by atoms with Gasteiger partial charge in [-0.1, -0.05) is 36.4 Å². The maximum Gasteiger partial charge on any atom is 0.0916 e. The molecule has 2 heterocycles. The molecule has 0 radical (unpaired) electrons. The second-order valence-corrected chi connectivity index (χ2v) is 6.30. The van der Waals surface area contributed by atoms with Crippen LogP contribution in [0.25, 0.3) is 22.0 Å². The quantitative estimate of drug-likeness (QED) is 0.775. The van der Waals surface area contributed by atoms with Crippen molar-refractivity contribution in [3.63, 3.8) is 0 Å². The number of nitrogens with zero attached hydrogens (tertiary/aromatic N) is 1. The number of hydrogen-bond donors (Lipinski definition) is 2. The highest BCUT2D eigenvalue weighted by atomic mass is 16.5. The lowest BCUT2D eigenvalue weighted by Gasteiger charge is -2.28. The van der Waals surface area contributed by atoms with Crippen LogP contribution in [0.3, 0.4) is 0 Å². The van der Waals surface area contributed by atoms with Crippen LogP contribution in [0.4, 0.5) is 0 Å². The molecule has 2 N–H and O–H groups in total. The Balaban J connectivity index is 1.53. The topological polar surface area (TPSA) is 48.5 Å². The van der Waals surface area contributed by atoms with Crippen molar-refractivity contribution in [2.24, 2.45) is 0 Å². The molecular formula is C20H22N2O2. The number of aromatic nitrogens is 1. The molecule has 0 unspecified atom stereocenters. The van der Waals surface area contributed by atoms with Gasteiger partial charge >= 0.3 is 0 Å². The Kier molecular flexibility index (Phi) is 4.34. The number of rotatable bonds is 4. The van der Waals surface area contributed by atoms with Crippen molar-refractivity contribution < 1.29 is 9.84 Å². The molecule has 4 heteroatoms. The third kappa shape index (κ3) is 3.08. The zero-order valence-electron chi connectivity index (χ0n) is 13.6. The van der Waals surface area contributed by atoms with E-state index in [0.717, 1.165) is 37.4 Å². The monoisotopic (exact) mass is 322 g/mol. The Labute approximate surface area is 141 Å². The zero-order valence-corrected chi connectivity index (χ0v) is 13.6. The van der Waals surface area contributed by atoms with E-state index in [1.54, 1.807) is 0 Å². The molecule has 4 nitrogen and oxygen atoms in total. The molecule has 1 atom stereocenters. The minimum Gasteiger partial charge on any atom is -0.387 e. The second kappa shape index (κ2) is 6.77. The van der Waals surface area contributed by atoms with Gasteiger partial charge < -0.3 is 14.8 Å². The van der Waals surface area contributed by atoms with Crippen molar-refractivity contribution in [1.82, 2.24) is 9.88 Å². The summed E-state index contributed by atoms with van der Waals surface area (Å²) in [5.74, 6) is 0. The highest BCUT2D eigenvalue weighted by Crippen LogP contribution is 2.29. The maximum absolute atomic E-state index is 10.5. The predicted octanol–water partition coefficient (Wildman–Crippen LogP) is 3.20. The molecule has 124 valence electrons. The molecule has 1 aliphatic rings. The van der Waals surface area contributed by atoms with Gasteiger partial charge in [-0.05, 0) is 28.8 Å².